The van der Waals surface area contributed by atoms with Gasteiger partial charge in [-0.1, -0.05) is 31.4 Å². The molecule has 2 atom stereocenters. The summed E-state index contributed by atoms with van der Waals surface area (Å²) in [5, 5.41) is 8.50. The summed E-state index contributed by atoms with van der Waals surface area (Å²) in [6.45, 7) is 3.35. The lowest BCUT2D eigenvalue weighted by atomic mass is 9.82. The SMILES string of the molecule is CC1CCCC(CNc2cc(Cl)ccc2-n2cncn2)C1. The van der Waals surface area contributed by atoms with Crippen molar-refractivity contribution < 1.29 is 0 Å². The second-order valence-electron chi connectivity index (χ2n) is 6.02. The molecule has 0 spiro atoms. The Balaban J connectivity index is 1.73. The fourth-order valence-corrected chi connectivity index (χ4v) is 3.35. The highest BCUT2D eigenvalue weighted by Gasteiger charge is 2.19. The summed E-state index contributed by atoms with van der Waals surface area (Å²) in [4.78, 5) is 4.01. The Morgan fingerprint density at radius 3 is 3.05 bits per heavy atom. The van der Waals surface area contributed by atoms with Crippen LogP contribution >= 0.6 is 11.6 Å². The number of anilines is 1. The summed E-state index contributed by atoms with van der Waals surface area (Å²) in [5.74, 6) is 1.59. The van der Waals surface area contributed by atoms with Gasteiger partial charge in [-0.15, -0.1) is 0 Å². The highest BCUT2D eigenvalue weighted by Crippen LogP contribution is 2.30. The first kappa shape index (κ1) is 14.4. The van der Waals surface area contributed by atoms with E-state index >= 15 is 0 Å². The molecule has 0 bridgehead atoms. The minimum Gasteiger partial charge on any atom is -0.383 e. The molecule has 3 rings (SSSR count). The minimum absolute atomic E-state index is 0.735. The predicted molar refractivity (Wildman–Crippen MR) is 86.0 cm³/mol. The molecular weight excluding hydrogens is 284 g/mol. The number of aromatic nitrogens is 3. The molecule has 2 aromatic rings. The fraction of sp³-hybridized carbons (Fsp3) is 0.500. The molecule has 0 amide bonds. The number of benzene rings is 1. The molecular formula is C16H21ClN4. The zero-order chi connectivity index (χ0) is 14.7. The molecule has 1 fully saturated rings. The molecule has 2 unspecified atom stereocenters. The van der Waals surface area contributed by atoms with Gasteiger partial charge < -0.3 is 5.32 Å². The van der Waals surface area contributed by atoms with E-state index in [1.807, 2.05) is 18.2 Å². The molecule has 5 heteroatoms. The third-order valence-electron chi connectivity index (χ3n) is 4.25. The lowest BCUT2D eigenvalue weighted by molar-refractivity contribution is 0.293. The molecule has 4 nitrogen and oxygen atoms in total. The summed E-state index contributed by atoms with van der Waals surface area (Å²) in [7, 11) is 0. The van der Waals surface area contributed by atoms with E-state index in [-0.39, 0.29) is 0 Å². The first-order valence-electron chi connectivity index (χ1n) is 7.61. The van der Waals surface area contributed by atoms with E-state index in [1.165, 1.54) is 25.7 Å². The molecule has 0 saturated heterocycles. The van der Waals surface area contributed by atoms with Gasteiger partial charge in [-0.2, -0.15) is 5.10 Å². The van der Waals surface area contributed by atoms with Crippen molar-refractivity contribution in [1.29, 1.82) is 0 Å². The second-order valence-corrected chi connectivity index (χ2v) is 6.46. The van der Waals surface area contributed by atoms with E-state index < -0.39 is 0 Å². The van der Waals surface area contributed by atoms with Crippen molar-refractivity contribution in [2.75, 3.05) is 11.9 Å². The Bertz CT molecular complexity index is 582. The van der Waals surface area contributed by atoms with E-state index in [9.17, 15) is 0 Å². The smallest absolute Gasteiger partial charge is 0.138 e. The van der Waals surface area contributed by atoms with Crippen LogP contribution in [0, 0.1) is 11.8 Å². The highest BCUT2D eigenvalue weighted by molar-refractivity contribution is 6.31. The third-order valence-corrected chi connectivity index (χ3v) is 4.49. The van der Waals surface area contributed by atoms with E-state index in [0.717, 1.165) is 34.8 Å². The number of nitrogens with one attached hydrogen (secondary N) is 1. The third kappa shape index (κ3) is 3.56. The van der Waals surface area contributed by atoms with Crippen LogP contribution in [0.1, 0.15) is 32.6 Å². The number of hydrogen-bond acceptors (Lipinski definition) is 3. The van der Waals surface area contributed by atoms with Gasteiger partial charge in [0.25, 0.3) is 0 Å². The van der Waals surface area contributed by atoms with Crippen LogP contribution in [-0.4, -0.2) is 21.3 Å². The van der Waals surface area contributed by atoms with E-state index in [1.54, 1.807) is 17.3 Å². The van der Waals surface area contributed by atoms with Gasteiger partial charge >= 0.3 is 0 Å². The van der Waals surface area contributed by atoms with Gasteiger partial charge in [0.2, 0.25) is 0 Å². The summed E-state index contributed by atoms with van der Waals surface area (Å²) < 4.78 is 1.77. The summed E-state index contributed by atoms with van der Waals surface area (Å²) in [5.41, 5.74) is 2.01. The largest absolute Gasteiger partial charge is 0.383 e. The number of nitrogens with zero attached hydrogens (tertiary/aromatic N) is 3. The van der Waals surface area contributed by atoms with Crippen molar-refractivity contribution in [1.82, 2.24) is 14.8 Å². The van der Waals surface area contributed by atoms with Crippen LogP contribution in [0.2, 0.25) is 5.02 Å². The molecule has 0 radical (unpaired) electrons. The monoisotopic (exact) mass is 304 g/mol. The van der Waals surface area contributed by atoms with Gasteiger partial charge in [-0.05, 0) is 42.9 Å². The minimum atomic E-state index is 0.735. The van der Waals surface area contributed by atoms with Crippen LogP contribution in [0.5, 0.6) is 0 Å². The van der Waals surface area contributed by atoms with Gasteiger partial charge in [-0.3, -0.25) is 0 Å². The molecule has 112 valence electrons. The van der Waals surface area contributed by atoms with Crippen LogP contribution in [0.15, 0.2) is 30.9 Å². The lowest BCUT2D eigenvalue weighted by Gasteiger charge is -2.27. The van der Waals surface area contributed by atoms with Crippen molar-refractivity contribution in [3.05, 3.63) is 35.9 Å². The van der Waals surface area contributed by atoms with Gasteiger partial charge in [0.15, 0.2) is 0 Å². The van der Waals surface area contributed by atoms with Crippen molar-refractivity contribution in [2.24, 2.45) is 11.8 Å². The Kier molecular flexibility index (Phi) is 4.44. The van der Waals surface area contributed by atoms with Crippen LogP contribution in [0.4, 0.5) is 5.69 Å². The summed E-state index contributed by atoms with van der Waals surface area (Å²) in [6, 6.07) is 5.82. The highest BCUT2D eigenvalue weighted by atomic mass is 35.5. The zero-order valence-electron chi connectivity index (χ0n) is 12.3. The Labute approximate surface area is 130 Å². The van der Waals surface area contributed by atoms with Crippen LogP contribution in [0.3, 0.4) is 0 Å². The maximum atomic E-state index is 6.14. The average Bonchev–Trinajstić information content (AvgIpc) is 2.99. The fourth-order valence-electron chi connectivity index (χ4n) is 3.18. The molecule has 0 aliphatic heterocycles. The van der Waals surface area contributed by atoms with Crippen LogP contribution < -0.4 is 5.32 Å². The predicted octanol–water partition coefficient (Wildman–Crippen LogP) is 4.16. The lowest BCUT2D eigenvalue weighted by Crippen LogP contribution is -2.21. The van der Waals surface area contributed by atoms with E-state index in [2.05, 4.69) is 22.3 Å². The normalized spacial score (nSPS) is 22.2. The van der Waals surface area contributed by atoms with Gasteiger partial charge in [0, 0.05) is 11.6 Å². The number of rotatable bonds is 4. The molecule has 1 heterocycles. The summed E-state index contributed by atoms with van der Waals surface area (Å²) in [6.07, 6.45) is 8.60. The topological polar surface area (TPSA) is 42.7 Å². The molecule has 1 saturated carbocycles. The van der Waals surface area contributed by atoms with Gasteiger partial charge in [0.1, 0.15) is 12.7 Å². The van der Waals surface area contributed by atoms with Crippen molar-refractivity contribution in [2.45, 2.75) is 32.6 Å². The van der Waals surface area contributed by atoms with Crippen molar-refractivity contribution >= 4 is 17.3 Å². The average molecular weight is 305 g/mol. The van der Waals surface area contributed by atoms with Crippen LogP contribution in [-0.2, 0) is 0 Å². The Morgan fingerprint density at radius 1 is 1.38 bits per heavy atom. The maximum absolute atomic E-state index is 6.14. The molecule has 1 aromatic heterocycles. The van der Waals surface area contributed by atoms with Crippen molar-refractivity contribution in [3.8, 4) is 5.69 Å². The molecule has 1 aliphatic carbocycles. The first-order valence-corrected chi connectivity index (χ1v) is 7.98. The van der Waals surface area contributed by atoms with E-state index in [0.29, 0.717) is 0 Å². The Hall–Kier alpha value is -1.55. The first-order chi connectivity index (χ1) is 10.2. The van der Waals surface area contributed by atoms with Crippen molar-refractivity contribution in [3.63, 3.8) is 0 Å². The second kappa shape index (κ2) is 6.48. The zero-order valence-corrected chi connectivity index (χ0v) is 13.1. The number of hydrogen-bond donors (Lipinski definition) is 1. The van der Waals surface area contributed by atoms with Gasteiger partial charge in [0.05, 0.1) is 11.4 Å². The number of halogens is 1. The molecule has 1 aliphatic rings. The molecule has 1 N–H and O–H groups in total. The summed E-state index contributed by atoms with van der Waals surface area (Å²) >= 11 is 6.14. The standard InChI is InChI=1S/C16H21ClN4/c1-12-3-2-4-13(7-12)9-19-15-8-14(17)5-6-16(15)21-11-18-10-20-21/h5-6,8,10-13,19H,2-4,7,9H2,1H3. The van der Waals surface area contributed by atoms with Crippen LogP contribution in [0.25, 0.3) is 5.69 Å². The quantitative estimate of drug-likeness (QED) is 0.922. The maximum Gasteiger partial charge on any atom is 0.138 e. The Morgan fingerprint density at radius 2 is 2.29 bits per heavy atom. The molecule has 1 aromatic carbocycles. The molecule has 21 heavy (non-hydrogen) atoms. The van der Waals surface area contributed by atoms with Gasteiger partial charge in [-0.25, -0.2) is 9.67 Å². The van der Waals surface area contributed by atoms with E-state index in [4.69, 9.17) is 11.6 Å².